The molecule has 6 atom stereocenters. The van der Waals surface area contributed by atoms with Crippen molar-refractivity contribution in [3.63, 3.8) is 0 Å². The van der Waals surface area contributed by atoms with Gasteiger partial charge in [-0.25, -0.2) is 0 Å². The summed E-state index contributed by atoms with van der Waals surface area (Å²) in [6.45, 7) is 3.87. The SMILES string of the molecule is CC(C)OC(=O)CC[C@@H]1CCC[C@@H]2[C@@H](/C=C/[C@@H](O)COc3ccccc3)[C@H](O)C[C@@H]2O1. The van der Waals surface area contributed by atoms with Crippen molar-refractivity contribution in [2.45, 2.75) is 82.9 Å². The molecular formula is C25H36O6. The maximum atomic E-state index is 11.8. The maximum Gasteiger partial charge on any atom is 0.306 e. The van der Waals surface area contributed by atoms with Crippen LogP contribution < -0.4 is 4.74 Å². The van der Waals surface area contributed by atoms with Crippen LogP contribution in [-0.4, -0.2) is 53.3 Å². The van der Waals surface area contributed by atoms with Crippen molar-refractivity contribution in [1.29, 1.82) is 0 Å². The van der Waals surface area contributed by atoms with Crippen LogP contribution in [0.1, 0.15) is 52.4 Å². The molecule has 1 saturated heterocycles. The van der Waals surface area contributed by atoms with Crippen molar-refractivity contribution >= 4 is 5.97 Å². The standard InChI is InChI=1S/C25H36O6/c1-17(2)30-25(28)14-12-20-9-6-10-22-21(23(27)15-24(22)31-20)13-11-18(26)16-29-19-7-4-3-5-8-19/h3-5,7-8,11,13,17-18,20-24,26-27H,6,9-10,12,14-16H2,1-2H3/b13-11+/t18-,20+,21-,22-,23-,24+/m1/s1. The molecule has 1 aliphatic carbocycles. The molecule has 0 unspecified atom stereocenters. The Kier molecular flexibility index (Phi) is 8.93. The van der Waals surface area contributed by atoms with Crippen LogP contribution in [0.3, 0.4) is 0 Å². The van der Waals surface area contributed by atoms with E-state index in [9.17, 15) is 15.0 Å². The molecule has 2 N–H and O–H groups in total. The summed E-state index contributed by atoms with van der Waals surface area (Å²) in [6, 6.07) is 9.39. The van der Waals surface area contributed by atoms with E-state index in [0.717, 1.165) is 25.0 Å². The second kappa shape index (κ2) is 11.7. The first-order chi connectivity index (χ1) is 14.9. The summed E-state index contributed by atoms with van der Waals surface area (Å²) in [5.74, 6) is 0.719. The Balaban J connectivity index is 1.49. The lowest BCUT2D eigenvalue weighted by Gasteiger charge is -2.23. The number of carbonyl (C=O) groups excluding carboxylic acids is 1. The van der Waals surface area contributed by atoms with Gasteiger partial charge in [-0.3, -0.25) is 4.79 Å². The number of para-hydroxylation sites is 1. The first-order valence-corrected chi connectivity index (χ1v) is 11.5. The zero-order chi connectivity index (χ0) is 22.2. The third-order valence-corrected chi connectivity index (χ3v) is 6.08. The number of aliphatic hydroxyl groups is 2. The van der Waals surface area contributed by atoms with E-state index < -0.39 is 12.2 Å². The lowest BCUT2D eigenvalue weighted by atomic mass is 9.88. The molecule has 172 valence electrons. The van der Waals surface area contributed by atoms with Crippen molar-refractivity contribution in [2.24, 2.45) is 11.8 Å². The fraction of sp³-hybridized carbons (Fsp3) is 0.640. The Morgan fingerprint density at radius 2 is 2.03 bits per heavy atom. The Hall–Kier alpha value is -1.89. The lowest BCUT2D eigenvalue weighted by Crippen LogP contribution is -2.25. The van der Waals surface area contributed by atoms with E-state index in [1.807, 2.05) is 50.3 Å². The minimum absolute atomic E-state index is 0.0176. The van der Waals surface area contributed by atoms with E-state index in [-0.39, 0.29) is 42.7 Å². The summed E-state index contributed by atoms with van der Waals surface area (Å²) in [6.07, 6.45) is 6.83. The van der Waals surface area contributed by atoms with Gasteiger partial charge in [-0.1, -0.05) is 36.8 Å². The highest BCUT2D eigenvalue weighted by atomic mass is 16.5. The van der Waals surface area contributed by atoms with Gasteiger partial charge < -0.3 is 24.4 Å². The van der Waals surface area contributed by atoms with Crippen LogP contribution in [0.5, 0.6) is 5.75 Å². The largest absolute Gasteiger partial charge is 0.491 e. The van der Waals surface area contributed by atoms with Gasteiger partial charge in [-0.05, 0) is 51.2 Å². The van der Waals surface area contributed by atoms with Gasteiger partial charge in [-0.2, -0.15) is 0 Å². The molecule has 0 aromatic heterocycles. The molecular weight excluding hydrogens is 396 g/mol. The van der Waals surface area contributed by atoms with Gasteiger partial charge in [0.1, 0.15) is 18.5 Å². The topological polar surface area (TPSA) is 85.2 Å². The maximum absolute atomic E-state index is 11.8. The van der Waals surface area contributed by atoms with Crippen LogP contribution in [0.4, 0.5) is 0 Å². The number of benzene rings is 1. The predicted molar refractivity (Wildman–Crippen MR) is 118 cm³/mol. The highest BCUT2D eigenvalue weighted by Crippen LogP contribution is 2.42. The zero-order valence-corrected chi connectivity index (χ0v) is 18.6. The van der Waals surface area contributed by atoms with Crippen molar-refractivity contribution in [3.05, 3.63) is 42.5 Å². The van der Waals surface area contributed by atoms with E-state index in [2.05, 4.69) is 0 Å². The molecule has 0 bridgehead atoms. The smallest absolute Gasteiger partial charge is 0.306 e. The summed E-state index contributed by atoms with van der Waals surface area (Å²) in [5.41, 5.74) is 0. The normalized spacial score (nSPS) is 29.5. The van der Waals surface area contributed by atoms with Gasteiger partial charge in [0.05, 0.1) is 24.4 Å². The summed E-state index contributed by atoms with van der Waals surface area (Å²) < 4.78 is 17.1. The summed E-state index contributed by atoms with van der Waals surface area (Å²) in [7, 11) is 0. The molecule has 0 radical (unpaired) electrons. The zero-order valence-electron chi connectivity index (χ0n) is 18.6. The number of esters is 1. The number of rotatable bonds is 9. The van der Waals surface area contributed by atoms with E-state index in [1.54, 1.807) is 6.08 Å². The second-order valence-corrected chi connectivity index (χ2v) is 8.93. The van der Waals surface area contributed by atoms with Gasteiger partial charge in [-0.15, -0.1) is 0 Å². The van der Waals surface area contributed by atoms with Gasteiger partial charge in [0.15, 0.2) is 0 Å². The van der Waals surface area contributed by atoms with Gasteiger partial charge >= 0.3 is 5.97 Å². The van der Waals surface area contributed by atoms with Crippen molar-refractivity contribution in [3.8, 4) is 5.75 Å². The Morgan fingerprint density at radius 3 is 2.77 bits per heavy atom. The third kappa shape index (κ3) is 7.34. The van der Waals surface area contributed by atoms with E-state index in [1.165, 1.54) is 0 Å². The van der Waals surface area contributed by atoms with E-state index >= 15 is 0 Å². The molecule has 31 heavy (non-hydrogen) atoms. The Bertz CT molecular complexity index is 703. The molecule has 1 aliphatic heterocycles. The van der Waals surface area contributed by atoms with Crippen LogP contribution in [0.15, 0.2) is 42.5 Å². The van der Waals surface area contributed by atoms with E-state index in [4.69, 9.17) is 14.2 Å². The van der Waals surface area contributed by atoms with Gasteiger partial charge in [0.2, 0.25) is 0 Å². The van der Waals surface area contributed by atoms with Crippen LogP contribution in [0.25, 0.3) is 0 Å². The average molecular weight is 433 g/mol. The summed E-state index contributed by atoms with van der Waals surface area (Å²) in [4.78, 5) is 11.8. The average Bonchev–Trinajstić information content (AvgIpc) is 2.89. The lowest BCUT2D eigenvalue weighted by molar-refractivity contribution is -0.148. The molecule has 2 fully saturated rings. The molecule has 6 nitrogen and oxygen atoms in total. The highest BCUT2D eigenvalue weighted by molar-refractivity contribution is 5.69. The fourth-order valence-corrected chi connectivity index (χ4v) is 4.63. The molecule has 6 heteroatoms. The quantitative estimate of drug-likeness (QED) is 0.458. The molecule has 1 aromatic carbocycles. The summed E-state index contributed by atoms with van der Waals surface area (Å²) >= 11 is 0. The van der Waals surface area contributed by atoms with Gasteiger partial charge in [0.25, 0.3) is 0 Å². The third-order valence-electron chi connectivity index (χ3n) is 6.08. The van der Waals surface area contributed by atoms with Crippen LogP contribution in [0, 0.1) is 11.8 Å². The minimum Gasteiger partial charge on any atom is -0.491 e. The fourth-order valence-electron chi connectivity index (χ4n) is 4.63. The number of fused-ring (bicyclic) bond motifs is 1. The van der Waals surface area contributed by atoms with Crippen molar-refractivity contribution in [1.82, 2.24) is 0 Å². The Labute approximate surface area is 185 Å². The van der Waals surface area contributed by atoms with Crippen LogP contribution in [-0.2, 0) is 14.3 Å². The predicted octanol–water partition coefficient (Wildman–Crippen LogP) is 3.65. The molecule has 0 amide bonds. The molecule has 1 saturated carbocycles. The highest BCUT2D eigenvalue weighted by Gasteiger charge is 2.43. The van der Waals surface area contributed by atoms with Crippen LogP contribution >= 0.6 is 0 Å². The number of hydrogen-bond acceptors (Lipinski definition) is 6. The molecule has 3 rings (SSSR count). The molecule has 2 aliphatic rings. The monoisotopic (exact) mass is 432 g/mol. The number of carbonyl (C=O) groups is 1. The van der Waals surface area contributed by atoms with Crippen molar-refractivity contribution < 1.29 is 29.2 Å². The Morgan fingerprint density at radius 1 is 1.26 bits per heavy atom. The second-order valence-electron chi connectivity index (χ2n) is 8.93. The summed E-state index contributed by atoms with van der Waals surface area (Å²) in [5, 5.41) is 20.9. The first-order valence-electron chi connectivity index (χ1n) is 11.5. The van der Waals surface area contributed by atoms with Crippen molar-refractivity contribution in [2.75, 3.05) is 6.61 Å². The van der Waals surface area contributed by atoms with Gasteiger partial charge in [0, 0.05) is 18.8 Å². The first kappa shape index (κ1) is 23.8. The van der Waals surface area contributed by atoms with Crippen LogP contribution in [0.2, 0.25) is 0 Å². The molecule has 1 aromatic rings. The van der Waals surface area contributed by atoms with E-state index in [0.29, 0.717) is 19.3 Å². The molecule has 0 spiro atoms. The number of hydrogen-bond donors (Lipinski definition) is 2. The number of aliphatic hydroxyl groups excluding tert-OH is 2. The number of ether oxygens (including phenoxy) is 3. The minimum atomic E-state index is -0.738. The molecule has 1 heterocycles.